The molecule has 0 aromatic rings. The highest BCUT2D eigenvalue weighted by molar-refractivity contribution is 5.14. The lowest BCUT2D eigenvalue weighted by molar-refractivity contribution is 0.254. The summed E-state index contributed by atoms with van der Waals surface area (Å²) in [5, 5.41) is 9.48. The van der Waals surface area contributed by atoms with Crippen LogP contribution in [0.3, 0.4) is 0 Å². The summed E-state index contributed by atoms with van der Waals surface area (Å²) >= 11 is 0. The average Bonchev–Trinajstić information content (AvgIpc) is 3.29. The second-order valence-electron chi connectivity index (χ2n) is 18.6. The molecule has 406 valence electrons. The molecule has 3 heteroatoms. The molecule has 1 saturated carbocycles. The molecule has 0 aliphatic heterocycles. The lowest BCUT2D eigenvalue weighted by atomic mass is 9.78. The van der Waals surface area contributed by atoms with Gasteiger partial charge in [-0.1, -0.05) is 288 Å². The Bertz CT molecular complexity index is 969. The topological polar surface area (TPSA) is 36.1 Å². The molecule has 0 heterocycles. The molecule has 1 rings (SSSR count). The number of hydrogen-bond acceptors (Lipinski definition) is 3. The largest absolute Gasteiger partial charge is 0.389 e. The SMILES string of the molecule is C=C(C)C(C)C(C)[C@@H](C)CC.C=C(C)CC(NC(=C)NC)C(C)(C)C.C=C(C)NCCC.C=CC(=C)C(C)CC1CCC1.CC.CC.CC.CC.CC.CC.CCC.CCC(C)C(C)(C)C. The van der Waals surface area contributed by atoms with Crippen molar-refractivity contribution in [2.75, 3.05) is 13.6 Å². The Balaban J connectivity index is -0.0000000599. The maximum absolute atomic E-state index is 3.99. The summed E-state index contributed by atoms with van der Waals surface area (Å²) in [6.45, 7) is 90.3. The third-order valence-electron chi connectivity index (χ3n) is 10.9. The smallest absolute Gasteiger partial charge is 0.0912 e. The van der Waals surface area contributed by atoms with Crippen molar-refractivity contribution in [3.8, 4) is 0 Å². The van der Waals surface area contributed by atoms with Crippen molar-refractivity contribution < 1.29 is 0 Å². The summed E-state index contributed by atoms with van der Waals surface area (Å²) in [6.07, 6.45) is 13.5. The molecule has 0 spiro atoms. The molecule has 0 radical (unpaired) electrons. The van der Waals surface area contributed by atoms with E-state index in [2.05, 4.69) is 180 Å². The van der Waals surface area contributed by atoms with E-state index >= 15 is 0 Å². The van der Waals surface area contributed by atoms with Gasteiger partial charge in [0.15, 0.2) is 0 Å². The lowest BCUT2D eigenvalue weighted by Gasteiger charge is -2.33. The van der Waals surface area contributed by atoms with Crippen molar-refractivity contribution in [1.82, 2.24) is 16.0 Å². The quantitative estimate of drug-likeness (QED) is 0.100. The van der Waals surface area contributed by atoms with E-state index < -0.39 is 0 Å². The number of nitrogens with one attached hydrogen (secondary N) is 3. The second-order valence-corrected chi connectivity index (χ2v) is 18.6. The van der Waals surface area contributed by atoms with Crippen LogP contribution in [0.5, 0.6) is 0 Å². The predicted molar refractivity (Wildman–Crippen MR) is 323 cm³/mol. The molecule has 1 aliphatic carbocycles. The van der Waals surface area contributed by atoms with Gasteiger partial charge in [-0.05, 0) is 86.4 Å². The first-order valence-corrected chi connectivity index (χ1v) is 27.8. The zero-order valence-corrected chi connectivity index (χ0v) is 52.9. The van der Waals surface area contributed by atoms with Gasteiger partial charge in [0.1, 0.15) is 0 Å². The highest BCUT2D eigenvalue weighted by Crippen LogP contribution is 2.34. The monoisotopic (exact) mass is 938 g/mol. The van der Waals surface area contributed by atoms with Crippen molar-refractivity contribution in [2.45, 2.75) is 278 Å². The molecular formula is C63H139N3. The van der Waals surface area contributed by atoms with E-state index in [-0.39, 0.29) is 5.41 Å². The molecule has 3 nitrogen and oxygen atoms in total. The molecule has 6 atom stereocenters. The number of hydrogen-bond donors (Lipinski definition) is 3. The molecule has 1 fully saturated rings. The Labute approximate surface area is 426 Å². The predicted octanol–water partition coefficient (Wildman–Crippen LogP) is 22.3. The summed E-state index contributed by atoms with van der Waals surface area (Å²) in [6, 6.07) is 0.375. The Kier molecular flexibility index (Phi) is 91.8. The first kappa shape index (κ1) is 90.3. The van der Waals surface area contributed by atoms with E-state index in [0.717, 1.165) is 48.2 Å². The molecular weight excluding hydrogens is 799 g/mol. The molecule has 0 bridgehead atoms. The van der Waals surface area contributed by atoms with Gasteiger partial charge >= 0.3 is 0 Å². The average molecular weight is 939 g/mol. The first-order chi connectivity index (χ1) is 30.7. The van der Waals surface area contributed by atoms with Crippen LogP contribution in [-0.2, 0) is 0 Å². The molecule has 0 aromatic heterocycles. The summed E-state index contributed by atoms with van der Waals surface area (Å²) < 4.78 is 0. The molecule has 0 aromatic carbocycles. The van der Waals surface area contributed by atoms with Crippen LogP contribution in [0.1, 0.15) is 272 Å². The molecule has 0 saturated heterocycles. The molecule has 5 unspecified atom stereocenters. The lowest BCUT2D eigenvalue weighted by Crippen LogP contribution is -2.42. The summed E-state index contributed by atoms with van der Waals surface area (Å²) in [5.41, 5.74) is 5.49. The van der Waals surface area contributed by atoms with E-state index in [4.69, 9.17) is 0 Å². The van der Waals surface area contributed by atoms with Crippen LogP contribution in [0.4, 0.5) is 0 Å². The van der Waals surface area contributed by atoms with Crippen LogP contribution in [-0.4, -0.2) is 19.6 Å². The zero-order chi connectivity index (χ0) is 55.8. The van der Waals surface area contributed by atoms with E-state index in [1.165, 1.54) is 68.1 Å². The van der Waals surface area contributed by atoms with Crippen LogP contribution in [0.25, 0.3) is 0 Å². The van der Waals surface area contributed by atoms with Crippen molar-refractivity contribution in [3.05, 3.63) is 73.8 Å². The molecule has 0 amide bonds. The van der Waals surface area contributed by atoms with Gasteiger partial charge in [-0.3, -0.25) is 0 Å². The standard InChI is InChI=1S/C12H24N2.C11H18.C11H22.C8H18.C6H13N.C3H8.6C2H6/c1-9(2)8-11(12(4,5)6)14-10(3)13-7;1-4-9(2)10(3)8-11-6-5-7-11;1-7-9(4)11(6)10(5)8(2)3;1-6-7(2)8(3,4)5;1-4-5-7-6(2)3;1-3-2;6*1-2/h11,13-14H,1,3,8H2,2,4-7H3;4,10-11H,1-2,5-8H2,3H3;9-11H,2,7H2,1,3-6H3;7H,6H2,1-5H3;7H,2,4-5H2,1,3H3;3H2,1-2H3;6*1-2H3/t;;9-,10?,11?;;;;;;;;;/m..0........./s1. The Morgan fingerprint density at radius 3 is 1.23 bits per heavy atom. The van der Waals surface area contributed by atoms with Crippen LogP contribution in [0.15, 0.2) is 73.8 Å². The summed E-state index contributed by atoms with van der Waals surface area (Å²) in [7, 11) is 1.87. The van der Waals surface area contributed by atoms with Crippen LogP contribution >= 0.6 is 0 Å². The van der Waals surface area contributed by atoms with Crippen LogP contribution in [0, 0.1) is 46.3 Å². The molecule has 3 N–H and O–H groups in total. The molecule has 66 heavy (non-hydrogen) atoms. The Morgan fingerprint density at radius 2 is 1.05 bits per heavy atom. The van der Waals surface area contributed by atoms with E-state index in [0.29, 0.717) is 23.3 Å². The van der Waals surface area contributed by atoms with E-state index in [1.807, 2.05) is 103 Å². The normalized spacial score (nSPS) is 13.0. The maximum atomic E-state index is 3.99. The van der Waals surface area contributed by atoms with Gasteiger partial charge < -0.3 is 16.0 Å². The maximum Gasteiger partial charge on any atom is 0.0912 e. The van der Waals surface area contributed by atoms with Gasteiger partial charge in [-0.2, -0.15) is 0 Å². The van der Waals surface area contributed by atoms with Crippen LogP contribution < -0.4 is 16.0 Å². The summed E-state index contributed by atoms with van der Waals surface area (Å²) in [5.74, 6) is 5.62. The number of allylic oxidation sites excluding steroid dienone is 4. The second kappa shape index (κ2) is 67.1. The highest BCUT2D eigenvalue weighted by Gasteiger charge is 2.24. The van der Waals surface area contributed by atoms with Gasteiger partial charge in [0, 0.05) is 25.3 Å². The fourth-order valence-corrected chi connectivity index (χ4v) is 5.05. The van der Waals surface area contributed by atoms with Gasteiger partial charge in [0.2, 0.25) is 0 Å². The summed E-state index contributed by atoms with van der Waals surface area (Å²) in [4.78, 5) is 0. The van der Waals surface area contributed by atoms with Crippen molar-refractivity contribution in [2.24, 2.45) is 46.3 Å². The van der Waals surface area contributed by atoms with Crippen molar-refractivity contribution in [3.63, 3.8) is 0 Å². The minimum absolute atomic E-state index is 0.207. The van der Waals surface area contributed by atoms with E-state index in [1.54, 1.807) is 0 Å². The van der Waals surface area contributed by atoms with Gasteiger partial charge in [0.05, 0.1) is 5.82 Å². The molecule has 1 aliphatic rings. The highest BCUT2D eigenvalue weighted by atomic mass is 15.1. The Morgan fingerprint density at radius 1 is 0.652 bits per heavy atom. The minimum atomic E-state index is 0.207. The third-order valence-corrected chi connectivity index (χ3v) is 10.9. The van der Waals surface area contributed by atoms with Gasteiger partial charge in [-0.15, -0.1) is 6.58 Å². The zero-order valence-electron chi connectivity index (χ0n) is 52.9. The van der Waals surface area contributed by atoms with Gasteiger partial charge in [-0.25, -0.2) is 0 Å². The van der Waals surface area contributed by atoms with Gasteiger partial charge in [0.25, 0.3) is 0 Å². The fourth-order valence-electron chi connectivity index (χ4n) is 5.05. The van der Waals surface area contributed by atoms with Crippen molar-refractivity contribution in [1.29, 1.82) is 0 Å². The third kappa shape index (κ3) is 73.4. The number of rotatable bonds is 17. The minimum Gasteiger partial charge on any atom is -0.389 e. The Hall–Kier alpha value is -2.16. The fraction of sp³-hybridized carbons (Fsp3) is 0.810. The van der Waals surface area contributed by atoms with Crippen LogP contribution in [0.2, 0.25) is 0 Å². The first-order valence-electron chi connectivity index (χ1n) is 27.8. The van der Waals surface area contributed by atoms with E-state index in [9.17, 15) is 0 Å². The van der Waals surface area contributed by atoms with Crippen molar-refractivity contribution >= 4 is 0 Å².